The number of rotatable bonds is 4. The molecule has 6 rings (SSSR count). The fourth-order valence-corrected chi connectivity index (χ4v) is 5.63. The van der Waals surface area contributed by atoms with Crippen LogP contribution < -0.4 is 11.0 Å². The fraction of sp³-hybridized carbons (Fsp3) is 0.207. The predicted octanol–water partition coefficient (Wildman–Crippen LogP) is 5.71. The Labute approximate surface area is 198 Å². The number of hydrogen-bond donors (Lipinski definition) is 1. The van der Waals surface area contributed by atoms with E-state index in [1.165, 1.54) is 5.56 Å². The minimum absolute atomic E-state index is 0.00464. The molecule has 1 heterocycles. The molecule has 0 saturated heterocycles. The van der Waals surface area contributed by atoms with Crippen molar-refractivity contribution in [1.29, 1.82) is 0 Å². The molecule has 0 aliphatic heterocycles. The lowest BCUT2D eigenvalue weighted by Gasteiger charge is -2.36. The van der Waals surface area contributed by atoms with Crippen LogP contribution in [-0.2, 0) is 11.8 Å². The van der Waals surface area contributed by atoms with Crippen LogP contribution >= 0.6 is 0 Å². The molecule has 168 valence electrons. The SMILES string of the molecule is O=c1c2c(nc(N/N=C/c3ccccc3)n1-c1ccccc1)-c1ccccc1CC21CCCC1. The normalized spacial score (nSPS) is 15.9. The fourth-order valence-electron chi connectivity index (χ4n) is 5.63. The second-order valence-corrected chi connectivity index (χ2v) is 9.24. The van der Waals surface area contributed by atoms with Gasteiger partial charge < -0.3 is 0 Å². The molecule has 2 aliphatic rings. The molecule has 5 nitrogen and oxygen atoms in total. The predicted molar refractivity (Wildman–Crippen MR) is 137 cm³/mol. The summed E-state index contributed by atoms with van der Waals surface area (Å²) in [7, 11) is 0. The molecule has 1 spiro atoms. The Morgan fingerprint density at radius 2 is 1.56 bits per heavy atom. The molecule has 1 saturated carbocycles. The van der Waals surface area contributed by atoms with Gasteiger partial charge >= 0.3 is 0 Å². The van der Waals surface area contributed by atoms with E-state index in [0.717, 1.165) is 60.2 Å². The van der Waals surface area contributed by atoms with Gasteiger partial charge in [0.15, 0.2) is 0 Å². The second kappa shape index (κ2) is 8.41. The Morgan fingerprint density at radius 3 is 2.32 bits per heavy atom. The maximum Gasteiger partial charge on any atom is 0.263 e. The van der Waals surface area contributed by atoms with Crippen molar-refractivity contribution in [3.05, 3.63) is 112 Å². The highest BCUT2D eigenvalue weighted by molar-refractivity contribution is 5.80. The molecule has 0 bridgehead atoms. The number of hydrogen-bond acceptors (Lipinski definition) is 4. The van der Waals surface area contributed by atoms with Gasteiger partial charge in [0.1, 0.15) is 0 Å². The maximum atomic E-state index is 14.3. The van der Waals surface area contributed by atoms with Crippen LogP contribution in [0.25, 0.3) is 16.9 Å². The molecule has 0 amide bonds. The number of anilines is 1. The van der Waals surface area contributed by atoms with Gasteiger partial charge in [0.25, 0.3) is 5.56 Å². The summed E-state index contributed by atoms with van der Waals surface area (Å²) in [5.41, 5.74) is 8.70. The van der Waals surface area contributed by atoms with E-state index in [0.29, 0.717) is 5.95 Å². The molecular formula is C29H26N4O. The van der Waals surface area contributed by atoms with E-state index in [9.17, 15) is 4.79 Å². The van der Waals surface area contributed by atoms with Crippen molar-refractivity contribution in [3.63, 3.8) is 0 Å². The molecule has 1 fully saturated rings. The number of benzene rings is 3. The van der Waals surface area contributed by atoms with Crippen molar-refractivity contribution in [3.8, 4) is 16.9 Å². The number of nitrogens with zero attached hydrogens (tertiary/aromatic N) is 3. The number of para-hydroxylation sites is 1. The summed E-state index contributed by atoms with van der Waals surface area (Å²) in [4.78, 5) is 19.4. The summed E-state index contributed by atoms with van der Waals surface area (Å²) in [5.74, 6) is 0.423. The minimum Gasteiger partial charge on any atom is -0.268 e. The first-order valence-electron chi connectivity index (χ1n) is 11.9. The Kier molecular flexibility index (Phi) is 5.10. The van der Waals surface area contributed by atoms with Crippen molar-refractivity contribution < 1.29 is 0 Å². The van der Waals surface area contributed by atoms with Gasteiger partial charge in [0.2, 0.25) is 5.95 Å². The summed E-state index contributed by atoms with van der Waals surface area (Å²) >= 11 is 0. The average Bonchev–Trinajstić information content (AvgIpc) is 3.33. The van der Waals surface area contributed by atoms with E-state index in [-0.39, 0.29) is 11.0 Å². The first-order valence-corrected chi connectivity index (χ1v) is 11.9. The Bertz CT molecular complexity index is 1420. The highest BCUT2D eigenvalue weighted by Gasteiger charge is 2.44. The summed E-state index contributed by atoms with van der Waals surface area (Å²) < 4.78 is 1.69. The van der Waals surface area contributed by atoms with Crippen LogP contribution in [0, 0.1) is 0 Å². The van der Waals surface area contributed by atoms with Gasteiger partial charge in [-0.1, -0.05) is 85.6 Å². The lowest BCUT2D eigenvalue weighted by molar-refractivity contribution is 0.425. The van der Waals surface area contributed by atoms with Gasteiger partial charge in [0.05, 0.1) is 23.2 Å². The largest absolute Gasteiger partial charge is 0.268 e. The van der Waals surface area contributed by atoms with Crippen LogP contribution in [0.5, 0.6) is 0 Å². The van der Waals surface area contributed by atoms with Gasteiger partial charge in [0, 0.05) is 11.0 Å². The number of fused-ring (bicyclic) bond motifs is 4. The number of hydrazone groups is 1. The standard InChI is InChI=1S/C29H26N4O/c34-27-25-26(24-16-8-7-13-22(24)19-29(25)17-9-10-18-29)31-28(33(27)23-14-5-2-6-15-23)32-30-20-21-11-3-1-4-12-21/h1-8,11-16,20H,9-10,17-19H2,(H,31,32)/b30-20+. The third kappa shape index (κ3) is 3.45. The van der Waals surface area contributed by atoms with Crippen LogP contribution in [-0.4, -0.2) is 15.8 Å². The van der Waals surface area contributed by atoms with Gasteiger partial charge in [-0.2, -0.15) is 5.10 Å². The molecule has 0 radical (unpaired) electrons. The quantitative estimate of drug-likeness (QED) is 0.322. The van der Waals surface area contributed by atoms with Crippen molar-refractivity contribution in [2.75, 3.05) is 5.43 Å². The van der Waals surface area contributed by atoms with E-state index in [1.54, 1.807) is 10.8 Å². The Balaban J connectivity index is 1.57. The lowest BCUT2D eigenvalue weighted by atomic mass is 9.68. The Hall–Kier alpha value is -3.99. The third-order valence-corrected chi connectivity index (χ3v) is 7.17. The van der Waals surface area contributed by atoms with E-state index in [1.807, 2.05) is 66.7 Å². The third-order valence-electron chi connectivity index (χ3n) is 7.17. The van der Waals surface area contributed by atoms with Crippen molar-refractivity contribution in [1.82, 2.24) is 9.55 Å². The second-order valence-electron chi connectivity index (χ2n) is 9.24. The lowest BCUT2D eigenvalue weighted by Crippen LogP contribution is -2.40. The monoisotopic (exact) mass is 446 g/mol. The molecule has 0 atom stereocenters. The van der Waals surface area contributed by atoms with Crippen LogP contribution in [0.1, 0.15) is 42.4 Å². The van der Waals surface area contributed by atoms with E-state index < -0.39 is 0 Å². The minimum atomic E-state index is -0.143. The van der Waals surface area contributed by atoms with Gasteiger partial charge in [-0.05, 0) is 42.5 Å². The zero-order chi connectivity index (χ0) is 23.0. The molecule has 2 aliphatic carbocycles. The van der Waals surface area contributed by atoms with E-state index in [4.69, 9.17) is 4.98 Å². The van der Waals surface area contributed by atoms with Crippen LogP contribution in [0.2, 0.25) is 0 Å². The highest BCUT2D eigenvalue weighted by atomic mass is 16.1. The van der Waals surface area contributed by atoms with Gasteiger partial charge in [-0.15, -0.1) is 0 Å². The molecule has 34 heavy (non-hydrogen) atoms. The van der Waals surface area contributed by atoms with Crippen molar-refractivity contribution in [2.24, 2.45) is 5.10 Å². The smallest absolute Gasteiger partial charge is 0.263 e. The molecular weight excluding hydrogens is 420 g/mol. The van der Waals surface area contributed by atoms with E-state index in [2.05, 4.69) is 28.7 Å². The van der Waals surface area contributed by atoms with Gasteiger partial charge in [-0.25, -0.2) is 15.0 Å². The zero-order valence-electron chi connectivity index (χ0n) is 18.9. The molecule has 4 aromatic rings. The first kappa shape index (κ1) is 20.6. The summed E-state index contributed by atoms with van der Waals surface area (Å²) in [6.45, 7) is 0. The molecule has 0 unspecified atom stereocenters. The molecule has 5 heteroatoms. The summed E-state index contributed by atoms with van der Waals surface area (Å²) in [6.07, 6.45) is 6.99. The van der Waals surface area contributed by atoms with Gasteiger partial charge in [-0.3, -0.25) is 4.79 Å². The highest BCUT2D eigenvalue weighted by Crippen LogP contribution is 2.50. The molecule has 1 aromatic heterocycles. The molecule has 3 aromatic carbocycles. The summed E-state index contributed by atoms with van der Waals surface area (Å²) in [6, 6.07) is 28.0. The van der Waals surface area contributed by atoms with Crippen molar-refractivity contribution in [2.45, 2.75) is 37.5 Å². The Morgan fingerprint density at radius 1 is 0.882 bits per heavy atom. The van der Waals surface area contributed by atoms with Crippen LogP contribution in [0.3, 0.4) is 0 Å². The zero-order valence-corrected chi connectivity index (χ0v) is 18.9. The maximum absolute atomic E-state index is 14.3. The van der Waals surface area contributed by atoms with E-state index >= 15 is 0 Å². The summed E-state index contributed by atoms with van der Waals surface area (Å²) in [5, 5.41) is 4.44. The average molecular weight is 447 g/mol. The van der Waals surface area contributed by atoms with Crippen LogP contribution in [0.4, 0.5) is 5.95 Å². The molecule has 1 N–H and O–H groups in total. The number of nitrogens with one attached hydrogen (secondary N) is 1. The first-order chi connectivity index (χ1) is 16.8. The van der Waals surface area contributed by atoms with Crippen LogP contribution in [0.15, 0.2) is 94.8 Å². The van der Waals surface area contributed by atoms with Crippen molar-refractivity contribution >= 4 is 12.2 Å². The topological polar surface area (TPSA) is 59.3 Å². The number of aromatic nitrogens is 2.